The van der Waals surface area contributed by atoms with Crippen molar-refractivity contribution in [2.75, 3.05) is 19.6 Å². The minimum Gasteiger partial charge on any atom is -0.357 e. The van der Waals surface area contributed by atoms with Crippen molar-refractivity contribution in [3.63, 3.8) is 0 Å². The Kier molecular flexibility index (Phi) is 11.1. The van der Waals surface area contributed by atoms with E-state index in [0.29, 0.717) is 49.1 Å². The van der Waals surface area contributed by atoms with Gasteiger partial charge in [0.15, 0.2) is 11.7 Å². The molecule has 0 bridgehead atoms. The molecule has 1 amide bonds. The number of carbonyl (C=O) groups excluding carboxylic acids is 1. The lowest BCUT2D eigenvalue weighted by Gasteiger charge is -2.11. The van der Waals surface area contributed by atoms with Gasteiger partial charge >= 0.3 is 6.18 Å². The Hall–Kier alpha value is -1.89. The van der Waals surface area contributed by atoms with Crippen molar-refractivity contribution in [3.05, 3.63) is 51.5 Å². The van der Waals surface area contributed by atoms with Crippen LogP contribution < -0.4 is 16.0 Å². The van der Waals surface area contributed by atoms with Crippen molar-refractivity contribution in [2.45, 2.75) is 33.0 Å². The summed E-state index contributed by atoms with van der Waals surface area (Å²) >= 11 is 0.991. The maximum absolute atomic E-state index is 12.6. The standard InChI is InChI=1S/C19H24F3N5OS.HI/c1-3-23-17(28)14-7-5-6-13(10-14)11-26-18(24-4-2)25-9-8-16-27-15(12-29-16)19(20,21)22;/h5-7,10,12H,3-4,8-9,11H2,1-2H3,(H,23,28)(H2,24,25,26);1H. The fourth-order valence-corrected chi connectivity index (χ4v) is 3.23. The van der Waals surface area contributed by atoms with Crippen LogP contribution in [-0.2, 0) is 19.1 Å². The van der Waals surface area contributed by atoms with Gasteiger partial charge in [0, 0.05) is 37.0 Å². The van der Waals surface area contributed by atoms with Crippen molar-refractivity contribution >= 4 is 47.2 Å². The summed E-state index contributed by atoms with van der Waals surface area (Å²) in [7, 11) is 0. The summed E-state index contributed by atoms with van der Waals surface area (Å²) in [4.78, 5) is 20.0. The summed E-state index contributed by atoms with van der Waals surface area (Å²) in [6.45, 7) is 5.73. The molecule has 1 aromatic carbocycles. The average Bonchev–Trinajstić information content (AvgIpc) is 3.16. The Balaban J connectivity index is 0.00000450. The number of aromatic nitrogens is 1. The fraction of sp³-hybridized carbons (Fsp3) is 0.421. The predicted molar refractivity (Wildman–Crippen MR) is 124 cm³/mol. The molecular formula is C19H25F3IN5OS. The lowest BCUT2D eigenvalue weighted by atomic mass is 10.1. The van der Waals surface area contributed by atoms with Gasteiger partial charge < -0.3 is 16.0 Å². The monoisotopic (exact) mass is 555 g/mol. The van der Waals surface area contributed by atoms with Crippen LogP contribution in [0.5, 0.6) is 0 Å². The van der Waals surface area contributed by atoms with Crippen LogP contribution in [0.2, 0.25) is 0 Å². The summed E-state index contributed by atoms with van der Waals surface area (Å²) in [6.07, 6.45) is -4.06. The molecule has 0 aliphatic carbocycles. The lowest BCUT2D eigenvalue weighted by Crippen LogP contribution is -2.38. The molecule has 30 heavy (non-hydrogen) atoms. The number of guanidine groups is 1. The van der Waals surface area contributed by atoms with Crippen LogP contribution in [0.1, 0.15) is 40.5 Å². The molecule has 3 N–H and O–H groups in total. The molecule has 1 aromatic heterocycles. The molecule has 0 unspecified atom stereocenters. The van der Waals surface area contributed by atoms with Gasteiger partial charge in [-0.2, -0.15) is 13.2 Å². The lowest BCUT2D eigenvalue weighted by molar-refractivity contribution is -0.140. The number of hydrogen-bond donors (Lipinski definition) is 3. The summed E-state index contributed by atoms with van der Waals surface area (Å²) < 4.78 is 37.8. The SMILES string of the molecule is CCNC(=O)c1cccc(CN=C(NCC)NCCc2nc(C(F)(F)F)cs2)c1.I. The Bertz CT molecular complexity index is 842. The molecule has 0 spiro atoms. The number of nitrogens with one attached hydrogen (secondary N) is 3. The van der Waals surface area contributed by atoms with Crippen LogP contribution in [0.15, 0.2) is 34.6 Å². The van der Waals surface area contributed by atoms with Crippen molar-refractivity contribution in [1.82, 2.24) is 20.9 Å². The fourth-order valence-electron chi connectivity index (χ4n) is 2.43. The number of thiazole rings is 1. The van der Waals surface area contributed by atoms with Crippen LogP contribution in [0.4, 0.5) is 13.2 Å². The molecule has 2 rings (SSSR count). The molecule has 0 fully saturated rings. The highest BCUT2D eigenvalue weighted by molar-refractivity contribution is 14.0. The van der Waals surface area contributed by atoms with E-state index in [1.54, 1.807) is 18.2 Å². The number of amides is 1. The smallest absolute Gasteiger partial charge is 0.357 e. The highest BCUT2D eigenvalue weighted by atomic mass is 127. The second-order valence-corrected chi connectivity index (χ2v) is 7.00. The number of hydrogen-bond acceptors (Lipinski definition) is 4. The molecule has 2 aromatic rings. The van der Waals surface area contributed by atoms with Crippen LogP contribution in [0.25, 0.3) is 0 Å². The quantitative estimate of drug-likeness (QED) is 0.263. The number of aliphatic imine (C=N–C) groups is 1. The molecule has 0 saturated carbocycles. The third-order valence-corrected chi connectivity index (χ3v) is 4.67. The molecule has 6 nitrogen and oxygen atoms in total. The number of benzene rings is 1. The first-order valence-electron chi connectivity index (χ1n) is 9.24. The first-order valence-corrected chi connectivity index (χ1v) is 10.1. The third kappa shape index (κ3) is 8.46. The topological polar surface area (TPSA) is 78.4 Å². The first kappa shape index (κ1) is 26.1. The van der Waals surface area contributed by atoms with Gasteiger partial charge in [-0.3, -0.25) is 4.79 Å². The van der Waals surface area contributed by atoms with E-state index in [4.69, 9.17) is 0 Å². The molecule has 0 aliphatic heterocycles. The zero-order valence-corrected chi connectivity index (χ0v) is 19.8. The molecule has 0 radical (unpaired) electrons. The zero-order chi connectivity index (χ0) is 21.3. The van der Waals surface area contributed by atoms with E-state index in [1.165, 1.54) is 0 Å². The molecule has 11 heteroatoms. The minimum absolute atomic E-state index is 0. The summed E-state index contributed by atoms with van der Waals surface area (Å²) in [5.74, 6) is 0.411. The van der Waals surface area contributed by atoms with E-state index in [9.17, 15) is 18.0 Å². The van der Waals surface area contributed by atoms with E-state index in [-0.39, 0.29) is 29.9 Å². The Morgan fingerprint density at radius 2 is 1.90 bits per heavy atom. The maximum atomic E-state index is 12.6. The van der Waals surface area contributed by atoms with Crippen molar-refractivity contribution in [2.24, 2.45) is 4.99 Å². The Morgan fingerprint density at radius 1 is 1.17 bits per heavy atom. The van der Waals surface area contributed by atoms with Crippen molar-refractivity contribution in [3.8, 4) is 0 Å². The Morgan fingerprint density at radius 3 is 2.53 bits per heavy atom. The van der Waals surface area contributed by atoms with Crippen LogP contribution in [-0.4, -0.2) is 36.5 Å². The Labute approximate surface area is 194 Å². The van der Waals surface area contributed by atoms with Crippen LogP contribution in [0, 0.1) is 0 Å². The van der Waals surface area contributed by atoms with E-state index in [0.717, 1.165) is 22.3 Å². The average molecular weight is 555 g/mol. The molecule has 1 heterocycles. The van der Waals surface area contributed by atoms with E-state index in [1.807, 2.05) is 19.9 Å². The maximum Gasteiger partial charge on any atom is 0.434 e. The highest BCUT2D eigenvalue weighted by Gasteiger charge is 2.33. The zero-order valence-electron chi connectivity index (χ0n) is 16.7. The van der Waals surface area contributed by atoms with Gasteiger partial charge in [-0.1, -0.05) is 12.1 Å². The summed E-state index contributed by atoms with van der Waals surface area (Å²) in [5.41, 5.74) is 0.590. The van der Waals surface area contributed by atoms with E-state index < -0.39 is 11.9 Å². The first-order chi connectivity index (χ1) is 13.8. The summed E-state index contributed by atoms with van der Waals surface area (Å²) in [5, 5.41) is 10.4. The number of rotatable bonds is 8. The molecular weight excluding hydrogens is 530 g/mol. The second kappa shape index (κ2) is 12.7. The van der Waals surface area contributed by atoms with Gasteiger partial charge in [-0.15, -0.1) is 35.3 Å². The van der Waals surface area contributed by atoms with Gasteiger partial charge in [0.1, 0.15) is 0 Å². The van der Waals surface area contributed by atoms with Gasteiger partial charge in [0.2, 0.25) is 0 Å². The van der Waals surface area contributed by atoms with Crippen molar-refractivity contribution < 1.29 is 18.0 Å². The highest BCUT2D eigenvalue weighted by Crippen LogP contribution is 2.29. The molecule has 0 saturated heterocycles. The van der Waals surface area contributed by atoms with Crippen LogP contribution in [0.3, 0.4) is 0 Å². The van der Waals surface area contributed by atoms with Gasteiger partial charge in [-0.25, -0.2) is 9.98 Å². The van der Waals surface area contributed by atoms with Gasteiger partial charge in [-0.05, 0) is 31.5 Å². The van der Waals surface area contributed by atoms with Crippen molar-refractivity contribution in [1.29, 1.82) is 0 Å². The van der Waals surface area contributed by atoms with Crippen LogP contribution >= 0.6 is 35.3 Å². The third-order valence-electron chi connectivity index (χ3n) is 3.76. The molecule has 0 atom stereocenters. The number of carbonyl (C=O) groups is 1. The minimum atomic E-state index is -4.42. The molecule has 0 aliphatic rings. The van der Waals surface area contributed by atoms with E-state index in [2.05, 4.69) is 25.9 Å². The van der Waals surface area contributed by atoms with Gasteiger partial charge in [0.05, 0.1) is 11.6 Å². The summed E-state index contributed by atoms with van der Waals surface area (Å²) in [6, 6.07) is 7.21. The van der Waals surface area contributed by atoms with E-state index >= 15 is 0 Å². The number of halogens is 4. The molecule has 166 valence electrons. The normalized spacial score (nSPS) is 11.6. The number of nitrogens with zero attached hydrogens (tertiary/aromatic N) is 2. The predicted octanol–water partition coefficient (Wildman–Crippen LogP) is 3.83. The van der Waals surface area contributed by atoms with Gasteiger partial charge in [0.25, 0.3) is 5.91 Å². The largest absolute Gasteiger partial charge is 0.434 e. The number of alkyl halides is 3. The second-order valence-electron chi connectivity index (χ2n) is 6.06.